The number of hydrogen-bond acceptors (Lipinski definition) is 1. The van der Waals surface area contributed by atoms with Gasteiger partial charge in [0.15, 0.2) is 5.78 Å². The van der Waals surface area contributed by atoms with Crippen molar-refractivity contribution in [1.82, 2.24) is 0 Å². The molecule has 0 atom stereocenters. The lowest BCUT2D eigenvalue weighted by molar-refractivity contribution is 0.103. The van der Waals surface area contributed by atoms with Gasteiger partial charge in [0, 0.05) is 15.6 Å². The molecule has 0 heterocycles. The van der Waals surface area contributed by atoms with Crippen LogP contribution in [0.1, 0.15) is 38.1 Å². The summed E-state index contributed by atoms with van der Waals surface area (Å²) in [5, 5.41) is 0.574. The molecule has 0 saturated carbocycles. The summed E-state index contributed by atoms with van der Waals surface area (Å²) in [5.41, 5.74) is 1.06. The van der Waals surface area contributed by atoms with Crippen LogP contribution in [0.2, 0.25) is 5.02 Å². The largest absolute Gasteiger partial charge is 0.289 e. The highest BCUT2D eigenvalue weighted by Crippen LogP contribution is 2.24. The summed E-state index contributed by atoms with van der Waals surface area (Å²) in [4.78, 5) is 12.0. The molecule has 1 rings (SSSR count). The molecule has 20 heavy (non-hydrogen) atoms. The molecule has 0 aliphatic carbocycles. The van der Waals surface area contributed by atoms with Crippen LogP contribution in [0.3, 0.4) is 0 Å². The Hall–Kier alpha value is -1.12. The van der Waals surface area contributed by atoms with Crippen LogP contribution in [0, 0.1) is 0 Å². The monoisotopic (exact) mass is 356 g/mol. The average Bonchev–Trinajstić information content (AvgIpc) is 2.51. The normalized spacial score (nSPS) is 9.40. The van der Waals surface area contributed by atoms with E-state index in [1.54, 1.807) is 30.4 Å². The zero-order chi connectivity index (χ0) is 16.1. The third-order valence-corrected chi connectivity index (χ3v) is 3.18. The quantitative estimate of drug-likeness (QED) is 0.335. The fourth-order valence-electron chi connectivity index (χ4n) is 1.17. The lowest BCUT2D eigenvalue weighted by atomic mass is 10.0. The molecule has 3 heteroatoms. The van der Waals surface area contributed by atoms with Crippen molar-refractivity contribution in [1.29, 1.82) is 0 Å². The molecule has 0 amide bonds. The van der Waals surface area contributed by atoms with Gasteiger partial charge in [0.05, 0.1) is 5.02 Å². The van der Waals surface area contributed by atoms with Gasteiger partial charge in [-0.1, -0.05) is 70.7 Å². The first-order valence-corrected chi connectivity index (χ1v) is 7.72. The van der Waals surface area contributed by atoms with E-state index >= 15 is 0 Å². The van der Waals surface area contributed by atoms with Crippen LogP contribution in [0.15, 0.2) is 59.6 Å². The second-order valence-electron chi connectivity index (χ2n) is 3.02. The van der Waals surface area contributed by atoms with Gasteiger partial charge in [0.1, 0.15) is 0 Å². The molecule has 110 valence electrons. The van der Waals surface area contributed by atoms with E-state index in [2.05, 4.69) is 29.1 Å². The minimum absolute atomic E-state index is 0.104. The number of carbonyl (C=O) groups is 1. The fourth-order valence-corrected chi connectivity index (χ4v) is 1.66. The number of ketones is 1. The number of rotatable bonds is 4. The van der Waals surface area contributed by atoms with Gasteiger partial charge in [-0.3, -0.25) is 4.79 Å². The Kier molecular flexibility index (Phi) is 13.7. The topological polar surface area (TPSA) is 17.1 Å². The van der Waals surface area contributed by atoms with Crippen molar-refractivity contribution in [2.24, 2.45) is 0 Å². The highest BCUT2D eigenvalue weighted by atomic mass is 79.9. The number of halogens is 2. The second-order valence-corrected chi connectivity index (χ2v) is 4.28. The summed E-state index contributed by atoms with van der Waals surface area (Å²) in [6.07, 6.45) is 4.68. The molecule has 1 nitrogen and oxygen atoms in total. The van der Waals surface area contributed by atoms with Gasteiger partial charge in [0.2, 0.25) is 0 Å². The Bertz CT molecular complexity index is 476. The molecule has 0 N–H and O–H groups in total. The maximum Gasteiger partial charge on any atom is 0.193 e. The zero-order valence-electron chi connectivity index (χ0n) is 12.5. The van der Waals surface area contributed by atoms with Gasteiger partial charge in [-0.25, -0.2) is 0 Å². The molecule has 0 radical (unpaired) electrons. The molecule has 1 aromatic rings. The molecule has 0 fully saturated rings. The summed E-state index contributed by atoms with van der Waals surface area (Å²) >= 11 is 9.13. The number of carbonyl (C=O) groups excluding carboxylic acids is 1. The van der Waals surface area contributed by atoms with E-state index in [1.807, 2.05) is 27.7 Å². The van der Waals surface area contributed by atoms with E-state index in [0.717, 1.165) is 0 Å². The molecule has 0 spiro atoms. The van der Waals surface area contributed by atoms with Gasteiger partial charge in [-0.05, 0) is 34.1 Å². The maximum atomic E-state index is 12.0. The van der Waals surface area contributed by atoms with Crippen molar-refractivity contribution in [3.05, 3.63) is 70.2 Å². The predicted octanol–water partition coefficient (Wildman–Crippen LogP) is 6.64. The number of hydrogen-bond donors (Lipinski definition) is 0. The van der Waals surface area contributed by atoms with Crippen LogP contribution in [-0.4, -0.2) is 5.78 Å². The van der Waals surface area contributed by atoms with E-state index in [4.69, 9.17) is 11.6 Å². The highest BCUT2D eigenvalue weighted by molar-refractivity contribution is 9.10. The maximum absolute atomic E-state index is 12.0. The molecule has 1 aromatic carbocycles. The van der Waals surface area contributed by atoms with Gasteiger partial charge in [0.25, 0.3) is 0 Å². The number of allylic oxidation sites excluding steroid dienone is 4. The van der Waals surface area contributed by atoms with Crippen LogP contribution in [0.4, 0.5) is 0 Å². The van der Waals surface area contributed by atoms with E-state index in [0.29, 0.717) is 20.6 Å². The molecular weight excluding hydrogens is 336 g/mol. The lowest BCUT2D eigenvalue weighted by Gasteiger charge is -2.03. The van der Waals surface area contributed by atoms with Crippen molar-refractivity contribution in [2.75, 3.05) is 0 Å². The van der Waals surface area contributed by atoms with Crippen LogP contribution in [-0.2, 0) is 0 Å². The van der Waals surface area contributed by atoms with Crippen molar-refractivity contribution < 1.29 is 4.79 Å². The molecule has 0 aliphatic heterocycles. The first-order chi connectivity index (χ1) is 9.60. The molecule has 0 bridgehead atoms. The van der Waals surface area contributed by atoms with Crippen molar-refractivity contribution in [2.45, 2.75) is 27.7 Å². The van der Waals surface area contributed by atoms with Gasteiger partial charge >= 0.3 is 0 Å². The predicted molar refractivity (Wildman–Crippen MR) is 94.7 cm³/mol. The van der Waals surface area contributed by atoms with Crippen molar-refractivity contribution in [3.63, 3.8) is 0 Å². The standard InChI is InChI=1S/C13H10BrClO.2C2H6/c1-3-5-9(4-2)13(16)10-6-7-12(15)11(14)8-10;2*1-2/h3-8H,1-2H2;2*1-2H3/b9-5+;;. The summed E-state index contributed by atoms with van der Waals surface area (Å²) in [5.74, 6) is -0.104. The highest BCUT2D eigenvalue weighted by Gasteiger charge is 2.10. The minimum atomic E-state index is -0.104. The van der Waals surface area contributed by atoms with Gasteiger partial charge in [-0.2, -0.15) is 0 Å². The van der Waals surface area contributed by atoms with E-state index < -0.39 is 0 Å². The first-order valence-electron chi connectivity index (χ1n) is 6.55. The van der Waals surface area contributed by atoms with Crippen LogP contribution < -0.4 is 0 Å². The second kappa shape index (κ2) is 12.9. The summed E-state index contributed by atoms with van der Waals surface area (Å²) in [7, 11) is 0. The first kappa shape index (κ1) is 21.2. The van der Waals surface area contributed by atoms with Crippen LogP contribution in [0.5, 0.6) is 0 Å². The van der Waals surface area contributed by atoms with Crippen LogP contribution in [0.25, 0.3) is 0 Å². The molecule has 0 aromatic heterocycles. The molecule has 0 aliphatic rings. The average molecular weight is 358 g/mol. The smallest absolute Gasteiger partial charge is 0.193 e. The summed E-state index contributed by atoms with van der Waals surface area (Å²) in [6, 6.07) is 5.04. The van der Waals surface area contributed by atoms with Crippen molar-refractivity contribution >= 4 is 33.3 Å². The van der Waals surface area contributed by atoms with E-state index in [9.17, 15) is 4.79 Å². The fraction of sp³-hybridized carbons (Fsp3) is 0.235. The Labute approximate surface area is 136 Å². The third kappa shape index (κ3) is 6.88. The van der Waals surface area contributed by atoms with Gasteiger partial charge in [-0.15, -0.1) is 0 Å². The Morgan fingerprint density at radius 2 is 1.75 bits per heavy atom. The molecular formula is C17H22BrClO. The van der Waals surface area contributed by atoms with Crippen LogP contribution >= 0.6 is 27.5 Å². The molecule has 0 saturated heterocycles. The number of Topliss-reactive ketones (excluding diaryl/α,β-unsaturated/α-hetero) is 1. The Morgan fingerprint density at radius 1 is 1.20 bits per heavy atom. The van der Waals surface area contributed by atoms with E-state index in [1.165, 1.54) is 6.08 Å². The lowest BCUT2D eigenvalue weighted by Crippen LogP contribution is -2.01. The minimum Gasteiger partial charge on any atom is -0.289 e. The zero-order valence-corrected chi connectivity index (χ0v) is 14.9. The number of benzene rings is 1. The van der Waals surface area contributed by atoms with Gasteiger partial charge < -0.3 is 0 Å². The van der Waals surface area contributed by atoms with Crippen molar-refractivity contribution in [3.8, 4) is 0 Å². The molecule has 0 unspecified atom stereocenters. The Balaban J connectivity index is 0. The summed E-state index contributed by atoms with van der Waals surface area (Å²) in [6.45, 7) is 15.1. The summed E-state index contributed by atoms with van der Waals surface area (Å²) < 4.78 is 0.696. The SMILES string of the molecule is C=C/C=C(\C=C)C(=O)c1ccc(Cl)c(Br)c1.CC.CC. The Morgan fingerprint density at radius 3 is 2.15 bits per heavy atom. The van der Waals surface area contributed by atoms with E-state index in [-0.39, 0.29) is 5.78 Å². The third-order valence-electron chi connectivity index (χ3n) is 1.96.